The van der Waals surface area contributed by atoms with Crippen LogP contribution in [0.1, 0.15) is 5.69 Å². The molecule has 80 valence electrons. The van der Waals surface area contributed by atoms with E-state index in [1.807, 2.05) is 21.9 Å². The lowest BCUT2D eigenvalue weighted by Gasteiger charge is -1.99. The highest BCUT2D eigenvalue weighted by molar-refractivity contribution is 7.15. The van der Waals surface area contributed by atoms with Gasteiger partial charge in [-0.2, -0.15) is 0 Å². The fourth-order valence-electron chi connectivity index (χ4n) is 1.60. The van der Waals surface area contributed by atoms with Crippen LogP contribution < -0.4 is 5.73 Å². The third-order valence-electron chi connectivity index (χ3n) is 2.35. The van der Waals surface area contributed by atoms with E-state index in [1.54, 1.807) is 23.7 Å². The Hall–Kier alpha value is -1.79. The molecule has 3 heterocycles. The highest BCUT2D eigenvalue weighted by atomic mass is 32.1. The van der Waals surface area contributed by atoms with Crippen LogP contribution in [0, 0.1) is 0 Å². The number of rotatable bonds is 2. The van der Waals surface area contributed by atoms with Gasteiger partial charge in [0.1, 0.15) is 0 Å². The van der Waals surface area contributed by atoms with E-state index in [9.17, 15) is 0 Å². The molecule has 0 spiro atoms. The monoisotopic (exact) mass is 231 g/mol. The maximum Gasteiger partial charge on any atom is 0.216 e. The lowest BCUT2D eigenvalue weighted by atomic mass is 10.3. The summed E-state index contributed by atoms with van der Waals surface area (Å²) in [4.78, 5) is 4.94. The molecule has 0 aliphatic rings. The summed E-state index contributed by atoms with van der Waals surface area (Å²) >= 11 is 1.54. The van der Waals surface area contributed by atoms with Gasteiger partial charge in [-0.15, -0.1) is 21.5 Å². The molecule has 0 aliphatic carbocycles. The average molecular weight is 231 g/mol. The Morgan fingerprint density at radius 1 is 1.38 bits per heavy atom. The topological polar surface area (TPSA) is 69.1 Å². The minimum Gasteiger partial charge on any atom is -0.325 e. The van der Waals surface area contributed by atoms with E-state index in [4.69, 9.17) is 5.73 Å². The fourth-order valence-corrected chi connectivity index (χ4v) is 2.44. The van der Waals surface area contributed by atoms with E-state index >= 15 is 0 Å². The zero-order chi connectivity index (χ0) is 11.0. The molecule has 0 saturated carbocycles. The summed E-state index contributed by atoms with van der Waals surface area (Å²) in [6, 6.07) is 3.84. The van der Waals surface area contributed by atoms with Gasteiger partial charge in [0.05, 0.1) is 5.69 Å². The van der Waals surface area contributed by atoms with Crippen molar-refractivity contribution in [2.24, 2.45) is 5.73 Å². The van der Waals surface area contributed by atoms with Gasteiger partial charge in [0.15, 0.2) is 5.82 Å². The Bertz CT molecular complexity index is 612. The molecule has 0 amide bonds. The molecular formula is C10H9N5S. The van der Waals surface area contributed by atoms with Crippen molar-refractivity contribution in [2.45, 2.75) is 6.54 Å². The minimum atomic E-state index is 0.477. The van der Waals surface area contributed by atoms with Gasteiger partial charge >= 0.3 is 0 Å². The van der Waals surface area contributed by atoms with Gasteiger partial charge < -0.3 is 5.73 Å². The molecule has 3 aromatic rings. The predicted octanol–water partition coefficient (Wildman–Crippen LogP) is 1.31. The number of aromatic nitrogens is 4. The Morgan fingerprint density at radius 3 is 3.06 bits per heavy atom. The lowest BCUT2D eigenvalue weighted by Crippen LogP contribution is -2.01. The van der Waals surface area contributed by atoms with Crippen LogP contribution in [-0.2, 0) is 6.54 Å². The molecule has 0 saturated heterocycles. The largest absolute Gasteiger partial charge is 0.325 e. The van der Waals surface area contributed by atoms with E-state index in [2.05, 4.69) is 15.2 Å². The molecule has 0 aliphatic heterocycles. The summed E-state index contributed by atoms with van der Waals surface area (Å²) in [5.74, 6) is 0.796. The zero-order valence-electron chi connectivity index (χ0n) is 8.37. The summed E-state index contributed by atoms with van der Waals surface area (Å²) in [7, 11) is 0. The summed E-state index contributed by atoms with van der Waals surface area (Å²) in [5, 5.41) is 10.3. The molecule has 0 unspecified atom stereocenters. The van der Waals surface area contributed by atoms with Crippen LogP contribution in [0.3, 0.4) is 0 Å². The first-order chi connectivity index (χ1) is 7.90. The van der Waals surface area contributed by atoms with Gasteiger partial charge in [-0.1, -0.05) is 0 Å². The Morgan fingerprint density at radius 2 is 2.31 bits per heavy atom. The van der Waals surface area contributed by atoms with Crippen molar-refractivity contribution in [3.8, 4) is 11.4 Å². The SMILES string of the molecule is NCc1csc2nnc(-c3cccnc3)n12. The Kier molecular flexibility index (Phi) is 2.16. The molecule has 2 N–H and O–H groups in total. The molecule has 6 heteroatoms. The first-order valence-electron chi connectivity index (χ1n) is 4.82. The number of nitrogens with two attached hydrogens (primary N) is 1. The van der Waals surface area contributed by atoms with Crippen molar-refractivity contribution in [1.82, 2.24) is 19.6 Å². The van der Waals surface area contributed by atoms with Gasteiger partial charge in [0.25, 0.3) is 0 Å². The normalized spacial score (nSPS) is 11.1. The van der Waals surface area contributed by atoms with Gasteiger partial charge in [0.2, 0.25) is 4.96 Å². The number of thiazole rings is 1. The third kappa shape index (κ3) is 1.31. The molecule has 5 nitrogen and oxygen atoms in total. The van der Waals surface area contributed by atoms with Crippen molar-refractivity contribution in [2.75, 3.05) is 0 Å². The van der Waals surface area contributed by atoms with Gasteiger partial charge in [-0.05, 0) is 12.1 Å². The van der Waals surface area contributed by atoms with Crippen LogP contribution in [0.4, 0.5) is 0 Å². The van der Waals surface area contributed by atoms with Crippen molar-refractivity contribution < 1.29 is 0 Å². The van der Waals surface area contributed by atoms with E-state index in [0.29, 0.717) is 6.54 Å². The number of hydrogen-bond acceptors (Lipinski definition) is 5. The summed E-state index contributed by atoms with van der Waals surface area (Å²) < 4.78 is 1.97. The lowest BCUT2D eigenvalue weighted by molar-refractivity contribution is 0.961. The number of hydrogen-bond donors (Lipinski definition) is 1. The van der Waals surface area contributed by atoms with Crippen molar-refractivity contribution in [1.29, 1.82) is 0 Å². The number of pyridine rings is 1. The van der Waals surface area contributed by atoms with Crippen LogP contribution in [-0.4, -0.2) is 19.6 Å². The summed E-state index contributed by atoms with van der Waals surface area (Å²) in [6.45, 7) is 0.477. The molecule has 0 atom stereocenters. The zero-order valence-corrected chi connectivity index (χ0v) is 9.18. The van der Waals surface area contributed by atoms with E-state index < -0.39 is 0 Å². The van der Waals surface area contributed by atoms with Gasteiger partial charge in [-0.3, -0.25) is 9.38 Å². The van der Waals surface area contributed by atoms with Gasteiger partial charge in [0, 0.05) is 29.9 Å². The highest BCUT2D eigenvalue weighted by Gasteiger charge is 2.12. The number of nitrogens with zero attached hydrogens (tertiary/aromatic N) is 4. The van der Waals surface area contributed by atoms with Crippen LogP contribution >= 0.6 is 11.3 Å². The second kappa shape index (κ2) is 3.66. The van der Waals surface area contributed by atoms with Crippen LogP contribution in [0.25, 0.3) is 16.3 Å². The number of fused-ring (bicyclic) bond motifs is 1. The average Bonchev–Trinajstić information content (AvgIpc) is 2.90. The van der Waals surface area contributed by atoms with E-state index in [0.717, 1.165) is 22.0 Å². The molecule has 3 aromatic heterocycles. The maximum atomic E-state index is 5.68. The molecule has 0 bridgehead atoms. The van der Waals surface area contributed by atoms with E-state index in [-0.39, 0.29) is 0 Å². The van der Waals surface area contributed by atoms with Gasteiger partial charge in [-0.25, -0.2) is 0 Å². The highest BCUT2D eigenvalue weighted by Crippen LogP contribution is 2.22. The second-order valence-electron chi connectivity index (χ2n) is 3.31. The smallest absolute Gasteiger partial charge is 0.216 e. The first-order valence-corrected chi connectivity index (χ1v) is 5.70. The summed E-state index contributed by atoms with van der Waals surface area (Å²) in [5.41, 5.74) is 7.65. The second-order valence-corrected chi connectivity index (χ2v) is 4.15. The molecule has 16 heavy (non-hydrogen) atoms. The first kappa shape index (κ1) is 9.44. The van der Waals surface area contributed by atoms with E-state index in [1.165, 1.54) is 0 Å². The van der Waals surface area contributed by atoms with Crippen LogP contribution in [0.15, 0.2) is 29.9 Å². The predicted molar refractivity (Wildman–Crippen MR) is 62.0 cm³/mol. The van der Waals surface area contributed by atoms with Crippen molar-refractivity contribution in [3.63, 3.8) is 0 Å². The molecule has 0 radical (unpaired) electrons. The van der Waals surface area contributed by atoms with Crippen molar-refractivity contribution >= 4 is 16.3 Å². The van der Waals surface area contributed by atoms with Crippen molar-refractivity contribution in [3.05, 3.63) is 35.6 Å². The Balaban J connectivity index is 2.28. The quantitative estimate of drug-likeness (QED) is 0.722. The maximum absolute atomic E-state index is 5.68. The fraction of sp³-hybridized carbons (Fsp3) is 0.100. The third-order valence-corrected chi connectivity index (χ3v) is 3.21. The molecular weight excluding hydrogens is 222 g/mol. The van der Waals surface area contributed by atoms with Crippen LogP contribution in [0.2, 0.25) is 0 Å². The molecule has 0 aromatic carbocycles. The minimum absolute atomic E-state index is 0.477. The standard InChI is InChI=1S/C10H9N5S/c11-4-8-6-16-10-14-13-9(15(8)10)7-2-1-3-12-5-7/h1-3,5-6H,4,11H2. The summed E-state index contributed by atoms with van der Waals surface area (Å²) in [6.07, 6.45) is 3.51. The molecule has 3 rings (SSSR count). The molecule has 0 fully saturated rings. The Labute approximate surface area is 95.6 Å². The van der Waals surface area contributed by atoms with Crippen LogP contribution in [0.5, 0.6) is 0 Å².